The third-order valence-electron chi connectivity index (χ3n) is 3.17. The summed E-state index contributed by atoms with van der Waals surface area (Å²) in [4.78, 5) is 14.6. The summed E-state index contributed by atoms with van der Waals surface area (Å²) in [6, 6.07) is 5.55. The number of phenolic OH excluding ortho intramolecular Hbond substituents is 1. The number of hydrogen-bond donors (Lipinski definition) is 4. The van der Waals surface area contributed by atoms with Gasteiger partial charge in [-0.25, -0.2) is 0 Å². The van der Waals surface area contributed by atoms with Crippen molar-refractivity contribution in [1.29, 1.82) is 0 Å². The Balaban J connectivity index is 1.97. The summed E-state index contributed by atoms with van der Waals surface area (Å²) in [6.45, 7) is 0. The van der Waals surface area contributed by atoms with Crippen molar-refractivity contribution < 1.29 is 19.5 Å². The molecule has 22 heavy (non-hydrogen) atoms. The minimum Gasteiger partial charge on any atom is -0.508 e. The summed E-state index contributed by atoms with van der Waals surface area (Å²) in [5.74, 6) is -0.253. The Hall–Kier alpha value is -2.45. The minimum absolute atomic E-state index is 0.0649. The van der Waals surface area contributed by atoms with E-state index in [4.69, 9.17) is 21.1 Å². The van der Waals surface area contributed by atoms with E-state index in [2.05, 4.69) is 10.1 Å². The van der Waals surface area contributed by atoms with E-state index in [-0.39, 0.29) is 30.3 Å². The molecule has 0 spiro atoms. The van der Waals surface area contributed by atoms with Gasteiger partial charge in [0, 0.05) is 6.42 Å². The lowest BCUT2D eigenvalue weighted by Gasteiger charge is -2.07. The molecule has 0 radical (unpaired) electrons. The highest BCUT2D eigenvalue weighted by Gasteiger charge is 2.19. The number of aromatic nitrogens is 2. The third kappa shape index (κ3) is 4.27. The molecule has 0 bridgehead atoms. The van der Waals surface area contributed by atoms with Crippen LogP contribution >= 0.6 is 0 Å². The summed E-state index contributed by atoms with van der Waals surface area (Å²) in [6.07, 6.45) is 0.623. The standard InChI is InChI=1S/C14H18N4O4/c15-10(5-6-12(20)21)13-17-14(22-18-13)11(16)7-8-1-3-9(19)4-2-8/h1-4,10-11,19H,5-7,15-16H2,(H,20,21)/t10-,11-/m0/s1. The van der Waals surface area contributed by atoms with Crippen molar-refractivity contribution in [2.75, 3.05) is 0 Å². The van der Waals surface area contributed by atoms with Crippen molar-refractivity contribution >= 4 is 5.97 Å². The maximum absolute atomic E-state index is 10.5. The monoisotopic (exact) mass is 306 g/mol. The molecule has 0 aliphatic rings. The predicted octanol–water partition coefficient (Wildman–Crippen LogP) is 0.882. The SMILES string of the molecule is N[C@@H](CCC(=O)O)c1noc([C@@H](N)Cc2ccc(O)cc2)n1. The number of carboxylic acid groups (broad SMARTS) is 1. The molecule has 2 rings (SSSR count). The van der Waals surface area contributed by atoms with Gasteiger partial charge >= 0.3 is 5.97 Å². The maximum Gasteiger partial charge on any atom is 0.303 e. The van der Waals surface area contributed by atoms with Gasteiger partial charge in [-0.1, -0.05) is 17.3 Å². The van der Waals surface area contributed by atoms with Crippen molar-refractivity contribution in [3.63, 3.8) is 0 Å². The fourth-order valence-electron chi connectivity index (χ4n) is 1.93. The highest BCUT2D eigenvalue weighted by atomic mass is 16.5. The number of nitrogens with two attached hydrogens (primary N) is 2. The van der Waals surface area contributed by atoms with E-state index in [0.717, 1.165) is 5.56 Å². The van der Waals surface area contributed by atoms with Crippen LogP contribution in [0, 0.1) is 0 Å². The Morgan fingerprint density at radius 3 is 2.55 bits per heavy atom. The second-order valence-electron chi connectivity index (χ2n) is 5.01. The van der Waals surface area contributed by atoms with Crippen molar-refractivity contribution in [1.82, 2.24) is 10.1 Å². The van der Waals surface area contributed by atoms with Gasteiger partial charge in [0.05, 0.1) is 12.1 Å². The first kappa shape index (κ1) is 15.9. The zero-order valence-corrected chi connectivity index (χ0v) is 11.8. The quantitative estimate of drug-likeness (QED) is 0.589. The Morgan fingerprint density at radius 1 is 1.23 bits per heavy atom. The number of rotatable bonds is 7. The van der Waals surface area contributed by atoms with Crippen LogP contribution < -0.4 is 11.5 Å². The van der Waals surface area contributed by atoms with Crippen LogP contribution in [0.2, 0.25) is 0 Å². The van der Waals surface area contributed by atoms with Gasteiger partial charge in [0.1, 0.15) is 5.75 Å². The van der Waals surface area contributed by atoms with Crippen molar-refractivity contribution in [3.8, 4) is 5.75 Å². The molecule has 0 aliphatic carbocycles. The molecule has 0 saturated heterocycles. The van der Waals surface area contributed by atoms with Gasteiger partial charge in [-0.05, 0) is 30.5 Å². The molecule has 6 N–H and O–H groups in total. The number of carbonyl (C=O) groups is 1. The zero-order valence-electron chi connectivity index (χ0n) is 11.8. The van der Waals surface area contributed by atoms with E-state index < -0.39 is 18.1 Å². The topological polar surface area (TPSA) is 148 Å². The second-order valence-corrected chi connectivity index (χ2v) is 5.01. The molecule has 8 nitrogen and oxygen atoms in total. The molecule has 0 unspecified atom stereocenters. The molecule has 0 saturated carbocycles. The number of hydrogen-bond acceptors (Lipinski definition) is 7. The van der Waals surface area contributed by atoms with Crippen LogP contribution in [0.5, 0.6) is 5.75 Å². The number of benzene rings is 1. The van der Waals surface area contributed by atoms with Crippen LogP contribution in [0.15, 0.2) is 28.8 Å². The van der Waals surface area contributed by atoms with E-state index >= 15 is 0 Å². The highest BCUT2D eigenvalue weighted by Crippen LogP contribution is 2.19. The van der Waals surface area contributed by atoms with E-state index in [1.54, 1.807) is 24.3 Å². The van der Waals surface area contributed by atoms with Gasteiger partial charge < -0.3 is 26.2 Å². The Bertz CT molecular complexity index is 626. The van der Waals surface area contributed by atoms with Crippen LogP contribution in [-0.4, -0.2) is 26.3 Å². The lowest BCUT2D eigenvalue weighted by molar-refractivity contribution is -0.137. The van der Waals surface area contributed by atoms with E-state index in [0.29, 0.717) is 6.42 Å². The molecule has 118 valence electrons. The molecule has 0 fully saturated rings. The van der Waals surface area contributed by atoms with Crippen molar-refractivity contribution in [2.24, 2.45) is 11.5 Å². The molecule has 0 amide bonds. The van der Waals surface area contributed by atoms with Crippen LogP contribution in [0.4, 0.5) is 0 Å². The Kier molecular flexibility index (Phi) is 5.08. The molecular weight excluding hydrogens is 288 g/mol. The molecule has 2 aromatic rings. The number of aromatic hydroxyl groups is 1. The fourth-order valence-corrected chi connectivity index (χ4v) is 1.93. The third-order valence-corrected chi connectivity index (χ3v) is 3.17. The molecule has 2 atom stereocenters. The normalized spacial score (nSPS) is 13.7. The van der Waals surface area contributed by atoms with Crippen molar-refractivity contribution in [2.45, 2.75) is 31.3 Å². The molecule has 0 aliphatic heterocycles. The zero-order chi connectivity index (χ0) is 16.1. The van der Waals surface area contributed by atoms with Crippen LogP contribution in [0.3, 0.4) is 0 Å². The summed E-state index contributed by atoms with van der Waals surface area (Å²) in [5, 5.41) is 21.6. The summed E-state index contributed by atoms with van der Waals surface area (Å²) in [7, 11) is 0. The molecule has 1 aromatic heterocycles. The fraction of sp³-hybridized carbons (Fsp3) is 0.357. The van der Waals surface area contributed by atoms with Crippen LogP contribution in [-0.2, 0) is 11.2 Å². The maximum atomic E-state index is 10.5. The molecule has 1 aromatic carbocycles. The highest BCUT2D eigenvalue weighted by molar-refractivity contribution is 5.66. The average molecular weight is 306 g/mol. The summed E-state index contributed by atoms with van der Waals surface area (Å²) in [5.41, 5.74) is 12.7. The lowest BCUT2D eigenvalue weighted by Crippen LogP contribution is -2.16. The van der Waals surface area contributed by atoms with Gasteiger partial charge in [-0.15, -0.1) is 0 Å². The molecule has 8 heteroatoms. The largest absolute Gasteiger partial charge is 0.508 e. The molecule has 1 heterocycles. The summed E-state index contributed by atoms with van der Waals surface area (Å²) >= 11 is 0. The van der Waals surface area contributed by atoms with Crippen LogP contribution in [0.1, 0.15) is 42.2 Å². The van der Waals surface area contributed by atoms with E-state index in [1.807, 2.05) is 0 Å². The van der Waals surface area contributed by atoms with Gasteiger partial charge in [0.25, 0.3) is 0 Å². The van der Waals surface area contributed by atoms with Gasteiger partial charge in [-0.3, -0.25) is 4.79 Å². The Morgan fingerprint density at radius 2 is 1.91 bits per heavy atom. The van der Waals surface area contributed by atoms with E-state index in [9.17, 15) is 9.90 Å². The van der Waals surface area contributed by atoms with E-state index in [1.165, 1.54) is 0 Å². The minimum atomic E-state index is -0.928. The lowest BCUT2D eigenvalue weighted by atomic mass is 10.1. The first-order valence-corrected chi connectivity index (χ1v) is 6.80. The van der Waals surface area contributed by atoms with Gasteiger partial charge in [0.2, 0.25) is 5.89 Å². The Labute approximate surface area is 126 Å². The molecular formula is C14H18N4O4. The smallest absolute Gasteiger partial charge is 0.303 e. The summed E-state index contributed by atoms with van der Waals surface area (Å²) < 4.78 is 5.09. The first-order valence-electron chi connectivity index (χ1n) is 6.80. The second kappa shape index (κ2) is 7.01. The number of phenols is 1. The number of aliphatic carboxylic acids is 1. The van der Waals surface area contributed by atoms with Crippen LogP contribution in [0.25, 0.3) is 0 Å². The first-order chi connectivity index (χ1) is 10.5. The number of carboxylic acids is 1. The average Bonchev–Trinajstić information content (AvgIpc) is 2.97. The van der Waals surface area contributed by atoms with Gasteiger partial charge in [0.15, 0.2) is 5.82 Å². The predicted molar refractivity (Wildman–Crippen MR) is 76.8 cm³/mol. The number of nitrogens with zero attached hydrogens (tertiary/aromatic N) is 2. The van der Waals surface area contributed by atoms with Gasteiger partial charge in [-0.2, -0.15) is 4.98 Å². The van der Waals surface area contributed by atoms with Crippen molar-refractivity contribution in [3.05, 3.63) is 41.5 Å².